The van der Waals surface area contributed by atoms with E-state index in [2.05, 4.69) is 34.9 Å². The largest absolute Gasteiger partial charge is 2.00 e. The Kier molecular flexibility index (Phi) is 12.2. The molecular weight excluding hydrogens is 509 g/mol. The first-order valence-corrected chi connectivity index (χ1v) is 11.4. The van der Waals surface area contributed by atoms with Gasteiger partial charge in [0.2, 0.25) is 0 Å². The Balaban J connectivity index is 0.000000227. The minimum Gasteiger partial charge on any atom is -0.411 e. The van der Waals surface area contributed by atoms with Crippen molar-refractivity contribution in [3.05, 3.63) is 109 Å². The van der Waals surface area contributed by atoms with Crippen LogP contribution in [0.1, 0.15) is 0 Å². The van der Waals surface area contributed by atoms with Crippen molar-refractivity contribution in [2.45, 2.75) is 0 Å². The zero-order chi connectivity index (χ0) is 22.8. The van der Waals surface area contributed by atoms with Crippen molar-refractivity contribution in [1.82, 2.24) is 0 Å². The molecule has 0 aliphatic carbocycles. The van der Waals surface area contributed by atoms with E-state index in [1.165, 1.54) is 0 Å². The number of rotatable bonds is 4. The summed E-state index contributed by atoms with van der Waals surface area (Å²) in [4.78, 5) is 0. The predicted octanol–water partition coefficient (Wildman–Crippen LogP) is 6.81. The van der Waals surface area contributed by atoms with Gasteiger partial charge in [0.25, 0.3) is 0 Å². The van der Waals surface area contributed by atoms with E-state index in [9.17, 15) is 0 Å². The molecule has 0 bridgehead atoms. The van der Waals surface area contributed by atoms with Gasteiger partial charge in [-0.15, -0.1) is 0 Å². The van der Waals surface area contributed by atoms with Crippen molar-refractivity contribution >= 4 is 107 Å². The first kappa shape index (κ1) is 27.6. The van der Waals surface area contributed by atoms with Gasteiger partial charge in [0.15, 0.2) is 0 Å². The topological polar surface area (TPSA) is 24.1 Å². The molecule has 0 aliphatic heterocycles. The summed E-state index contributed by atoms with van der Waals surface area (Å²) in [6.45, 7) is 0. The second-order valence-corrected chi connectivity index (χ2v) is 8.80. The van der Waals surface area contributed by atoms with Gasteiger partial charge < -0.3 is 60.3 Å². The average Bonchev–Trinajstić information content (AvgIpc) is 2.81. The number of hydrogen-bond acceptors (Lipinski definition) is 4. The SMILES string of the molecule is S=C([S-])Nc1ccccc1-c1ccccc1.S=C([S-])Nc1ccccc1-c1ccccc1.[Ca+2]. The Morgan fingerprint density at radius 2 is 0.788 bits per heavy atom. The molecule has 4 aromatic carbocycles. The summed E-state index contributed by atoms with van der Waals surface area (Å²) in [6.07, 6.45) is 0. The van der Waals surface area contributed by atoms with Crippen molar-refractivity contribution in [3.63, 3.8) is 0 Å². The van der Waals surface area contributed by atoms with Crippen LogP contribution >= 0.6 is 24.4 Å². The predicted molar refractivity (Wildman–Crippen MR) is 157 cm³/mol. The van der Waals surface area contributed by atoms with Crippen LogP contribution in [-0.2, 0) is 25.3 Å². The molecule has 160 valence electrons. The zero-order valence-corrected chi connectivity index (χ0v) is 23.2. The molecule has 4 rings (SSSR count). The first-order chi connectivity index (χ1) is 15.5. The molecule has 2 nitrogen and oxygen atoms in total. The molecule has 0 amide bonds. The van der Waals surface area contributed by atoms with Crippen molar-refractivity contribution < 1.29 is 0 Å². The molecule has 0 saturated heterocycles. The van der Waals surface area contributed by atoms with E-state index >= 15 is 0 Å². The van der Waals surface area contributed by atoms with Crippen molar-refractivity contribution in [3.8, 4) is 22.3 Å². The van der Waals surface area contributed by atoms with Gasteiger partial charge >= 0.3 is 37.7 Å². The van der Waals surface area contributed by atoms with Gasteiger partial charge in [0.05, 0.1) is 0 Å². The molecule has 2 N–H and O–H groups in total. The summed E-state index contributed by atoms with van der Waals surface area (Å²) in [5.41, 5.74) is 6.42. The Bertz CT molecular complexity index is 1090. The molecule has 0 atom stereocenters. The average molecular weight is 529 g/mol. The van der Waals surface area contributed by atoms with Crippen LogP contribution < -0.4 is 10.6 Å². The maximum Gasteiger partial charge on any atom is 2.00 e. The Hall–Kier alpha value is -1.64. The minimum atomic E-state index is 0. The van der Waals surface area contributed by atoms with E-state index in [4.69, 9.17) is 49.7 Å². The van der Waals surface area contributed by atoms with Crippen LogP contribution in [0.3, 0.4) is 0 Å². The molecule has 33 heavy (non-hydrogen) atoms. The monoisotopic (exact) mass is 528 g/mol. The first-order valence-electron chi connectivity index (χ1n) is 9.79. The molecule has 0 fully saturated rings. The summed E-state index contributed by atoms with van der Waals surface area (Å²) in [5.74, 6) is 0. The van der Waals surface area contributed by atoms with Crippen LogP contribution in [0.2, 0.25) is 0 Å². The van der Waals surface area contributed by atoms with E-state index in [1.807, 2.05) is 84.9 Å². The number of benzene rings is 4. The van der Waals surface area contributed by atoms with E-state index in [-0.39, 0.29) is 37.7 Å². The summed E-state index contributed by atoms with van der Waals surface area (Å²) in [6, 6.07) is 36.3. The fraction of sp³-hybridized carbons (Fsp3) is 0. The van der Waals surface area contributed by atoms with Crippen LogP contribution in [0.5, 0.6) is 0 Å². The number of para-hydroxylation sites is 2. The number of nitrogens with one attached hydrogen (secondary N) is 2. The molecular formula is C26H20CaN2S4. The standard InChI is InChI=1S/2C13H11NS2.Ca/c2*15-13(16)14-12-9-5-4-8-11(12)10-6-2-1-3-7-10;/h2*1-9H,(H2,14,15,16);/q;;+2/p-2. The molecule has 0 spiro atoms. The maximum atomic E-state index is 4.89. The van der Waals surface area contributed by atoms with Gasteiger partial charge in [-0.25, -0.2) is 0 Å². The van der Waals surface area contributed by atoms with Crippen LogP contribution in [-0.4, -0.2) is 46.4 Å². The van der Waals surface area contributed by atoms with E-state index in [1.54, 1.807) is 0 Å². The van der Waals surface area contributed by atoms with Crippen LogP contribution in [0.15, 0.2) is 109 Å². The van der Waals surface area contributed by atoms with Gasteiger partial charge in [-0.1, -0.05) is 106 Å². The van der Waals surface area contributed by atoms with Gasteiger partial charge in [-0.3, -0.25) is 0 Å². The van der Waals surface area contributed by atoms with E-state index < -0.39 is 0 Å². The Morgan fingerprint density at radius 1 is 0.485 bits per heavy atom. The maximum absolute atomic E-state index is 4.89. The third-order valence-corrected chi connectivity index (χ3v) is 4.91. The Labute approximate surface area is 247 Å². The van der Waals surface area contributed by atoms with Gasteiger partial charge in [-0.05, 0) is 23.3 Å². The third-order valence-electron chi connectivity index (χ3n) is 4.50. The summed E-state index contributed by atoms with van der Waals surface area (Å²) < 4.78 is 0.728. The second kappa shape index (κ2) is 14.6. The van der Waals surface area contributed by atoms with Gasteiger partial charge in [-0.2, -0.15) is 0 Å². The quantitative estimate of drug-likeness (QED) is 0.171. The molecule has 0 heterocycles. The minimum absolute atomic E-state index is 0. The summed E-state index contributed by atoms with van der Waals surface area (Å²) >= 11 is 19.6. The van der Waals surface area contributed by atoms with Crippen molar-refractivity contribution in [2.75, 3.05) is 10.6 Å². The van der Waals surface area contributed by atoms with E-state index in [0.717, 1.165) is 33.6 Å². The molecule has 0 saturated carbocycles. The fourth-order valence-electron chi connectivity index (χ4n) is 3.14. The van der Waals surface area contributed by atoms with Crippen LogP contribution in [0, 0.1) is 0 Å². The molecule has 0 radical (unpaired) electrons. The summed E-state index contributed by atoms with van der Waals surface area (Å²) in [7, 11) is 0. The van der Waals surface area contributed by atoms with Crippen molar-refractivity contribution in [1.29, 1.82) is 0 Å². The normalized spacial score (nSPS) is 9.45. The zero-order valence-electron chi connectivity index (χ0n) is 17.7. The molecule has 0 unspecified atom stereocenters. The molecule has 7 heteroatoms. The Morgan fingerprint density at radius 3 is 1.12 bits per heavy atom. The van der Waals surface area contributed by atoms with Crippen molar-refractivity contribution in [2.24, 2.45) is 0 Å². The molecule has 0 aliphatic rings. The molecule has 0 aromatic heterocycles. The second-order valence-electron chi connectivity index (χ2n) is 6.65. The van der Waals surface area contributed by atoms with E-state index in [0.29, 0.717) is 8.64 Å². The van der Waals surface area contributed by atoms with Gasteiger partial charge in [0.1, 0.15) is 0 Å². The number of anilines is 2. The summed E-state index contributed by atoms with van der Waals surface area (Å²) in [5, 5.41) is 6.04. The number of hydrogen-bond donors (Lipinski definition) is 2. The fourth-order valence-corrected chi connectivity index (χ4v) is 3.58. The van der Waals surface area contributed by atoms with Gasteiger partial charge in [0, 0.05) is 22.5 Å². The smallest absolute Gasteiger partial charge is 0.411 e. The third kappa shape index (κ3) is 8.91. The van der Waals surface area contributed by atoms with Crippen LogP contribution in [0.25, 0.3) is 22.3 Å². The number of thiocarbonyl (C=S) groups is 2. The van der Waals surface area contributed by atoms with Crippen LogP contribution in [0.4, 0.5) is 11.4 Å². The molecule has 4 aromatic rings.